The largest absolute Gasteiger partial charge is 0.493 e. The fraction of sp³-hybridized carbons (Fsp3) is 0.625. The van der Waals surface area contributed by atoms with Crippen LogP contribution in [-0.4, -0.2) is 26.4 Å². The monoisotopic (exact) mass is 277 g/mol. The highest BCUT2D eigenvalue weighted by molar-refractivity contribution is 5.54. The smallest absolute Gasteiger partial charge is 0.203 e. The van der Waals surface area contributed by atoms with E-state index in [0.29, 0.717) is 19.3 Å². The molecule has 4 heteroatoms. The third-order valence-electron chi connectivity index (χ3n) is 4.32. The summed E-state index contributed by atoms with van der Waals surface area (Å²) in [7, 11) is 1.67. The van der Waals surface area contributed by atoms with Gasteiger partial charge in [-0.05, 0) is 36.5 Å². The van der Waals surface area contributed by atoms with E-state index in [0.717, 1.165) is 29.7 Å². The van der Waals surface area contributed by atoms with Gasteiger partial charge in [0.25, 0.3) is 0 Å². The molecule has 1 aliphatic carbocycles. The van der Waals surface area contributed by atoms with Crippen molar-refractivity contribution < 1.29 is 14.2 Å². The van der Waals surface area contributed by atoms with Crippen LogP contribution >= 0.6 is 0 Å². The van der Waals surface area contributed by atoms with E-state index in [-0.39, 0.29) is 0 Å². The number of nitrogens with one attached hydrogen (secondary N) is 1. The van der Waals surface area contributed by atoms with Crippen LogP contribution in [0.2, 0.25) is 0 Å². The lowest BCUT2D eigenvalue weighted by atomic mass is 10.1. The van der Waals surface area contributed by atoms with E-state index >= 15 is 0 Å². The van der Waals surface area contributed by atoms with Crippen LogP contribution in [0, 0.1) is 5.92 Å². The van der Waals surface area contributed by atoms with E-state index in [1.54, 1.807) is 7.11 Å². The molecule has 3 rings (SSSR count). The predicted octanol–water partition coefficient (Wildman–Crippen LogP) is 2.74. The van der Waals surface area contributed by atoms with Crippen molar-refractivity contribution in [2.45, 2.75) is 38.8 Å². The number of ether oxygens (including phenoxy) is 3. The molecular weight excluding hydrogens is 254 g/mol. The zero-order chi connectivity index (χ0) is 13.9. The lowest BCUT2D eigenvalue weighted by Gasteiger charge is -2.22. The van der Waals surface area contributed by atoms with Crippen LogP contribution in [0.15, 0.2) is 12.1 Å². The van der Waals surface area contributed by atoms with Gasteiger partial charge in [-0.25, -0.2) is 0 Å². The molecule has 1 heterocycles. The van der Waals surface area contributed by atoms with Gasteiger partial charge in [0.2, 0.25) is 5.75 Å². The number of hydrogen-bond acceptors (Lipinski definition) is 4. The summed E-state index contributed by atoms with van der Waals surface area (Å²) in [5, 5.41) is 3.65. The van der Waals surface area contributed by atoms with Gasteiger partial charge in [-0.2, -0.15) is 0 Å². The highest BCUT2D eigenvalue weighted by Crippen LogP contribution is 2.40. The minimum absolute atomic E-state index is 0.584. The molecule has 0 spiro atoms. The van der Waals surface area contributed by atoms with Crippen LogP contribution < -0.4 is 19.5 Å². The number of methoxy groups -OCH3 is 1. The van der Waals surface area contributed by atoms with Crippen molar-refractivity contribution in [3.8, 4) is 17.2 Å². The fourth-order valence-corrected chi connectivity index (χ4v) is 3.13. The normalized spacial score (nSPS) is 24.7. The van der Waals surface area contributed by atoms with E-state index in [9.17, 15) is 0 Å². The fourth-order valence-electron chi connectivity index (χ4n) is 3.13. The molecule has 110 valence electrons. The Kier molecular flexibility index (Phi) is 4.01. The summed E-state index contributed by atoms with van der Waals surface area (Å²) >= 11 is 0. The molecule has 1 aromatic carbocycles. The Morgan fingerprint density at radius 3 is 2.85 bits per heavy atom. The van der Waals surface area contributed by atoms with Gasteiger partial charge in [0.15, 0.2) is 11.5 Å². The van der Waals surface area contributed by atoms with Crippen molar-refractivity contribution in [3.63, 3.8) is 0 Å². The molecule has 20 heavy (non-hydrogen) atoms. The van der Waals surface area contributed by atoms with Gasteiger partial charge in [0, 0.05) is 12.6 Å². The van der Waals surface area contributed by atoms with E-state index in [2.05, 4.69) is 18.3 Å². The second kappa shape index (κ2) is 5.92. The minimum atomic E-state index is 0.584. The molecule has 0 amide bonds. The molecule has 0 saturated heterocycles. The first-order valence-corrected chi connectivity index (χ1v) is 7.48. The summed E-state index contributed by atoms with van der Waals surface area (Å²) in [5.41, 5.74) is 1.19. The summed E-state index contributed by atoms with van der Waals surface area (Å²) in [4.78, 5) is 0. The maximum absolute atomic E-state index is 5.67. The quantitative estimate of drug-likeness (QED) is 0.918. The van der Waals surface area contributed by atoms with Crippen LogP contribution in [0.3, 0.4) is 0 Å². The Morgan fingerprint density at radius 1 is 1.25 bits per heavy atom. The SMILES string of the molecule is COc1cc(CNC2CCCC2C)cc2c1OCCO2. The highest BCUT2D eigenvalue weighted by atomic mass is 16.6. The Balaban J connectivity index is 1.73. The van der Waals surface area contributed by atoms with Crippen molar-refractivity contribution in [2.24, 2.45) is 5.92 Å². The van der Waals surface area contributed by atoms with Crippen LogP contribution in [0.5, 0.6) is 17.2 Å². The Hall–Kier alpha value is -1.42. The maximum atomic E-state index is 5.67. The van der Waals surface area contributed by atoms with Gasteiger partial charge in [-0.1, -0.05) is 13.3 Å². The zero-order valence-electron chi connectivity index (χ0n) is 12.3. The molecule has 0 bridgehead atoms. The topological polar surface area (TPSA) is 39.7 Å². The minimum Gasteiger partial charge on any atom is -0.493 e. The molecule has 2 atom stereocenters. The maximum Gasteiger partial charge on any atom is 0.203 e. The molecule has 1 saturated carbocycles. The van der Waals surface area contributed by atoms with Crippen molar-refractivity contribution in [1.29, 1.82) is 0 Å². The van der Waals surface area contributed by atoms with E-state index in [4.69, 9.17) is 14.2 Å². The van der Waals surface area contributed by atoms with E-state index in [1.165, 1.54) is 24.8 Å². The summed E-state index contributed by atoms with van der Waals surface area (Å²) < 4.78 is 16.7. The van der Waals surface area contributed by atoms with Crippen LogP contribution in [0.4, 0.5) is 0 Å². The third kappa shape index (κ3) is 2.70. The second-order valence-corrected chi connectivity index (χ2v) is 5.72. The zero-order valence-corrected chi connectivity index (χ0v) is 12.3. The van der Waals surface area contributed by atoms with Crippen molar-refractivity contribution in [2.75, 3.05) is 20.3 Å². The second-order valence-electron chi connectivity index (χ2n) is 5.72. The average molecular weight is 277 g/mol. The molecule has 1 fully saturated rings. The van der Waals surface area contributed by atoms with Crippen molar-refractivity contribution >= 4 is 0 Å². The molecule has 1 aromatic rings. The number of benzene rings is 1. The van der Waals surface area contributed by atoms with Crippen molar-refractivity contribution in [1.82, 2.24) is 5.32 Å². The van der Waals surface area contributed by atoms with Gasteiger partial charge >= 0.3 is 0 Å². The van der Waals surface area contributed by atoms with Crippen LogP contribution in [0.25, 0.3) is 0 Å². The molecular formula is C16H23NO3. The van der Waals surface area contributed by atoms with Gasteiger partial charge in [0.1, 0.15) is 13.2 Å². The molecule has 1 N–H and O–H groups in total. The summed E-state index contributed by atoms with van der Waals surface area (Å²) in [6.07, 6.45) is 3.95. The van der Waals surface area contributed by atoms with Crippen molar-refractivity contribution in [3.05, 3.63) is 17.7 Å². The first-order valence-electron chi connectivity index (χ1n) is 7.48. The Bertz CT molecular complexity index is 458. The van der Waals surface area contributed by atoms with Gasteiger partial charge < -0.3 is 19.5 Å². The summed E-state index contributed by atoms with van der Waals surface area (Å²) in [5.74, 6) is 3.07. The van der Waals surface area contributed by atoms with Gasteiger partial charge in [-0.15, -0.1) is 0 Å². The Labute approximate surface area is 120 Å². The lowest BCUT2D eigenvalue weighted by Crippen LogP contribution is -2.30. The standard InChI is InChI=1S/C16H23NO3/c1-11-4-3-5-13(11)17-10-12-8-14(18-2)16-15(9-12)19-6-7-20-16/h8-9,11,13,17H,3-7,10H2,1-2H3. The van der Waals surface area contributed by atoms with E-state index in [1.807, 2.05) is 6.07 Å². The molecule has 0 aromatic heterocycles. The molecule has 0 radical (unpaired) electrons. The number of hydrogen-bond donors (Lipinski definition) is 1. The predicted molar refractivity (Wildman–Crippen MR) is 77.6 cm³/mol. The third-order valence-corrected chi connectivity index (χ3v) is 4.32. The number of fused-ring (bicyclic) bond motifs is 1. The summed E-state index contributed by atoms with van der Waals surface area (Å²) in [6, 6.07) is 4.73. The Morgan fingerprint density at radius 2 is 2.10 bits per heavy atom. The first kappa shape index (κ1) is 13.6. The number of rotatable bonds is 4. The molecule has 1 aliphatic heterocycles. The van der Waals surface area contributed by atoms with Crippen LogP contribution in [-0.2, 0) is 6.54 Å². The van der Waals surface area contributed by atoms with E-state index < -0.39 is 0 Å². The highest BCUT2D eigenvalue weighted by Gasteiger charge is 2.23. The molecule has 2 unspecified atom stereocenters. The van der Waals surface area contributed by atoms with Crippen LogP contribution in [0.1, 0.15) is 31.7 Å². The lowest BCUT2D eigenvalue weighted by molar-refractivity contribution is 0.165. The average Bonchev–Trinajstić information content (AvgIpc) is 2.89. The van der Waals surface area contributed by atoms with Gasteiger partial charge in [0.05, 0.1) is 7.11 Å². The molecule has 4 nitrogen and oxygen atoms in total. The molecule has 2 aliphatic rings. The van der Waals surface area contributed by atoms with Gasteiger partial charge in [-0.3, -0.25) is 0 Å². The first-order chi connectivity index (χ1) is 9.78. The summed E-state index contributed by atoms with van der Waals surface area (Å²) in [6.45, 7) is 4.37.